The standard InChI is InChI=1S/C11H12FNO/c12-9-3-6-11(13-7-9)8-1-4-10(14)5-2-8/h3,6-8H,1-2,4-5H2. The molecule has 1 aliphatic rings. The zero-order valence-electron chi connectivity index (χ0n) is 7.87. The molecular weight excluding hydrogens is 181 g/mol. The number of carbonyl (C=O) groups excluding carboxylic acids is 1. The van der Waals surface area contributed by atoms with E-state index in [1.807, 2.05) is 0 Å². The first-order valence-electron chi connectivity index (χ1n) is 4.89. The molecule has 2 nitrogen and oxygen atoms in total. The van der Waals surface area contributed by atoms with Gasteiger partial charge in [-0.2, -0.15) is 0 Å². The molecule has 1 fully saturated rings. The summed E-state index contributed by atoms with van der Waals surface area (Å²) in [6.07, 6.45) is 4.24. The van der Waals surface area contributed by atoms with E-state index in [2.05, 4.69) is 4.98 Å². The van der Waals surface area contributed by atoms with Gasteiger partial charge < -0.3 is 0 Å². The summed E-state index contributed by atoms with van der Waals surface area (Å²) in [5.41, 5.74) is 0.916. The summed E-state index contributed by atoms with van der Waals surface area (Å²) in [5.74, 6) is 0.372. The van der Waals surface area contributed by atoms with Crippen LogP contribution in [0.1, 0.15) is 37.3 Å². The summed E-state index contributed by atoms with van der Waals surface area (Å²) < 4.78 is 12.6. The van der Waals surface area contributed by atoms with Gasteiger partial charge in [0.05, 0.1) is 6.20 Å². The van der Waals surface area contributed by atoms with Gasteiger partial charge in [0.1, 0.15) is 11.6 Å². The van der Waals surface area contributed by atoms with Crippen LogP contribution < -0.4 is 0 Å². The predicted octanol–water partition coefficient (Wildman–Crippen LogP) is 2.45. The van der Waals surface area contributed by atoms with Gasteiger partial charge in [0, 0.05) is 24.5 Å². The quantitative estimate of drug-likeness (QED) is 0.685. The smallest absolute Gasteiger partial charge is 0.141 e. The first kappa shape index (κ1) is 9.31. The molecule has 14 heavy (non-hydrogen) atoms. The first-order valence-corrected chi connectivity index (χ1v) is 4.89. The van der Waals surface area contributed by atoms with Crippen LogP contribution in [-0.4, -0.2) is 10.8 Å². The summed E-state index contributed by atoms with van der Waals surface area (Å²) in [4.78, 5) is 15.1. The minimum absolute atomic E-state index is 0.305. The fourth-order valence-corrected chi connectivity index (χ4v) is 1.86. The number of aromatic nitrogens is 1. The van der Waals surface area contributed by atoms with Crippen molar-refractivity contribution in [2.45, 2.75) is 31.6 Å². The number of halogens is 1. The number of rotatable bonds is 1. The topological polar surface area (TPSA) is 30.0 Å². The van der Waals surface area contributed by atoms with E-state index in [4.69, 9.17) is 0 Å². The molecular formula is C11H12FNO. The van der Waals surface area contributed by atoms with Crippen molar-refractivity contribution in [2.75, 3.05) is 0 Å². The van der Waals surface area contributed by atoms with Gasteiger partial charge in [-0.15, -0.1) is 0 Å². The molecule has 0 aliphatic heterocycles. The lowest BCUT2D eigenvalue weighted by atomic mass is 9.86. The van der Waals surface area contributed by atoms with Gasteiger partial charge in [0.2, 0.25) is 0 Å². The lowest BCUT2D eigenvalue weighted by molar-refractivity contribution is -0.120. The molecule has 0 unspecified atom stereocenters. The maximum atomic E-state index is 12.6. The van der Waals surface area contributed by atoms with Gasteiger partial charge in [0.25, 0.3) is 0 Å². The average Bonchev–Trinajstić information content (AvgIpc) is 2.21. The van der Waals surface area contributed by atoms with Crippen molar-refractivity contribution < 1.29 is 9.18 Å². The number of carbonyl (C=O) groups is 1. The molecule has 0 spiro atoms. The Bertz CT molecular complexity index is 324. The zero-order chi connectivity index (χ0) is 9.97. The highest BCUT2D eigenvalue weighted by Gasteiger charge is 2.20. The molecule has 0 amide bonds. The molecule has 1 aliphatic carbocycles. The molecule has 0 atom stereocenters. The van der Waals surface area contributed by atoms with E-state index in [0.717, 1.165) is 18.5 Å². The zero-order valence-corrected chi connectivity index (χ0v) is 7.87. The Morgan fingerprint density at radius 1 is 1.29 bits per heavy atom. The molecule has 3 heteroatoms. The fraction of sp³-hybridized carbons (Fsp3) is 0.455. The lowest BCUT2D eigenvalue weighted by Gasteiger charge is -2.19. The average molecular weight is 193 g/mol. The molecule has 0 N–H and O–H groups in total. The molecule has 0 bridgehead atoms. The summed E-state index contributed by atoms with van der Waals surface area (Å²) >= 11 is 0. The molecule has 74 valence electrons. The fourth-order valence-electron chi connectivity index (χ4n) is 1.86. The molecule has 1 aromatic heterocycles. The van der Waals surface area contributed by atoms with Gasteiger partial charge in [-0.05, 0) is 25.0 Å². The van der Waals surface area contributed by atoms with E-state index in [1.165, 1.54) is 12.3 Å². The third-order valence-corrected chi connectivity index (χ3v) is 2.71. The molecule has 1 saturated carbocycles. The van der Waals surface area contributed by atoms with Gasteiger partial charge in [-0.3, -0.25) is 9.78 Å². The summed E-state index contributed by atoms with van der Waals surface area (Å²) in [5, 5.41) is 0. The second-order valence-corrected chi connectivity index (χ2v) is 3.71. The monoisotopic (exact) mass is 193 g/mol. The summed E-state index contributed by atoms with van der Waals surface area (Å²) in [6.45, 7) is 0. The molecule has 1 heterocycles. The van der Waals surface area contributed by atoms with Gasteiger partial charge in [-0.1, -0.05) is 0 Å². The first-order chi connectivity index (χ1) is 6.75. The maximum Gasteiger partial charge on any atom is 0.141 e. The van der Waals surface area contributed by atoms with Gasteiger partial charge in [-0.25, -0.2) is 4.39 Å². The van der Waals surface area contributed by atoms with Crippen LogP contribution in [0, 0.1) is 5.82 Å². The van der Waals surface area contributed by atoms with Crippen LogP contribution in [0.5, 0.6) is 0 Å². The van der Waals surface area contributed by atoms with Crippen LogP contribution in [0.2, 0.25) is 0 Å². The highest BCUT2D eigenvalue weighted by Crippen LogP contribution is 2.29. The van der Waals surface area contributed by atoms with Crippen LogP contribution in [0.3, 0.4) is 0 Å². The van der Waals surface area contributed by atoms with Crippen molar-refractivity contribution in [3.63, 3.8) is 0 Å². The number of hydrogen-bond acceptors (Lipinski definition) is 2. The normalized spacial score (nSPS) is 18.5. The van der Waals surface area contributed by atoms with Gasteiger partial charge >= 0.3 is 0 Å². The van der Waals surface area contributed by atoms with Crippen LogP contribution in [0.25, 0.3) is 0 Å². The lowest BCUT2D eigenvalue weighted by Crippen LogP contribution is -2.13. The van der Waals surface area contributed by atoms with Crippen LogP contribution in [0.4, 0.5) is 4.39 Å². The van der Waals surface area contributed by atoms with Crippen molar-refractivity contribution in [1.29, 1.82) is 0 Å². The van der Waals surface area contributed by atoms with Crippen LogP contribution >= 0.6 is 0 Å². The molecule has 0 aromatic carbocycles. The van der Waals surface area contributed by atoms with E-state index >= 15 is 0 Å². The van der Waals surface area contributed by atoms with E-state index in [0.29, 0.717) is 24.5 Å². The Kier molecular flexibility index (Phi) is 2.57. The second-order valence-electron chi connectivity index (χ2n) is 3.71. The summed E-state index contributed by atoms with van der Waals surface area (Å²) in [7, 11) is 0. The SMILES string of the molecule is O=C1CCC(c2ccc(F)cn2)CC1. The van der Waals surface area contributed by atoms with Crippen molar-refractivity contribution in [3.8, 4) is 0 Å². The third-order valence-electron chi connectivity index (χ3n) is 2.71. The number of pyridine rings is 1. The van der Waals surface area contributed by atoms with E-state index < -0.39 is 0 Å². The third kappa shape index (κ3) is 1.97. The Balaban J connectivity index is 2.08. The Labute approximate surface area is 82.2 Å². The van der Waals surface area contributed by atoms with Gasteiger partial charge in [0.15, 0.2) is 0 Å². The highest BCUT2D eigenvalue weighted by molar-refractivity contribution is 5.79. The molecule has 1 aromatic rings. The minimum atomic E-state index is -0.305. The molecule has 0 saturated heterocycles. The van der Waals surface area contributed by atoms with Crippen molar-refractivity contribution in [1.82, 2.24) is 4.98 Å². The van der Waals surface area contributed by atoms with E-state index in [9.17, 15) is 9.18 Å². The molecule has 0 radical (unpaired) electrons. The number of nitrogens with zero attached hydrogens (tertiary/aromatic N) is 1. The number of hydrogen-bond donors (Lipinski definition) is 0. The van der Waals surface area contributed by atoms with Crippen molar-refractivity contribution in [3.05, 3.63) is 29.8 Å². The number of Topliss-reactive ketones (excluding diaryl/α,β-unsaturated/α-hetero) is 1. The van der Waals surface area contributed by atoms with E-state index in [1.54, 1.807) is 6.07 Å². The van der Waals surface area contributed by atoms with Crippen molar-refractivity contribution >= 4 is 5.78 Å². The predicted molar refractivity (Wildman–Crippen MR) is 50.4 cm³/mol. The highest BCUT2D eigenvalue weighted by atomic mass is 19.1. The van der Waals surface area contributed by atoms with Crippen molar-refractivity contribution in [2.24, 2.45) is 0 Å². The Morgan fingerprint density at radius 2 is 2.00 bits per heavy atom. The second kappa shape index (κ2) is 3.86. The maximum absolute atomic E-state index is 12.6. The van der Waals surface area contributed by atoms with Crippen LogP contribution in [0.15, 0.2) is 18.3 Å². The molecule has 2 rings (SSSR count). The van der Waals surface area contributed by atoms with E-state index in [-0.39, 0.29) is 5.82 Å². The largest absolute Gasteiger partial charge is 0.300 e. The number of ketones is 1. The van der Waals surface area contributed by atoms with Crippen LogP contribution in [-0.2, 0) is 4.79 Å². The Morgan fingerprint density at radius 3 is 2.57 bits per heavy atom. The minimum Gasteiger partial charge on any atom is -0.300 e. The Hall–Kier alpha value is -1.25. The summed E-state index contributed by atoms with van der Waals surface area (Å²) in [6, 6.07) is 3.15.